The molecule has 2 N–H and O–H groups in total. The summed E-state index contributed by atoms with van der Waals surface area (Å²) in [6.07, 6.45) is 8.12. The second-order valence-electron chi connectivity index (χ2n) is 5.17. The van der Waals surface area contributed by atoms with Gasteiger partial charge in [0, 0.05) is 17.0 Å². The molecule has 1 aromatic rings. The Morgan fingerprint density at radius 1 is 1.10 bits per heavy atom. The fourth-order valence-corrected chi connectivity index (χ4v) is 2.61. The topological polar surface area (TPSA) is 58.2 Å². The molecule has 1 aliphatic rings. The Kier molecular flexibility index (Phi) is 5.81. The first-order chi connectivity index (χ1) is 10.2. The zero-order chi connectivity index (χ0) is 15.1. The molecule has 4 nitrogen and oxygen atoms in total. The maximum absolute atomic E-state index is 11.9. The Hall–Kier alpha value is -1.81. The maximum atomic E-state index is 11.9. The average molecular weight is 307 g/mol. The predicted octanol–water partition coefficient (Wildman–Crippen LogP) is 3.08. The second kappa shape index (κ2) is 7.84. The van der Waals surface area contributed by atoms with E-state index in [4.69, 9.17) is 11.6 Å². The number of carbonyl (C=O) groups excluding carboxylic acids is 2. The fourth-order valence-electron chi connectivity index (χ4n) is 2.41. The summed E-state index contributed by atoms with van der Waals surface area (Å²) in [6, 6.07) is 7.23. The van der Waals surface area contributed by atoms with Crippen LogP contribution in [0.25, 0.3) is 6.08 Å². The Morgan fingerprint density at radius 2 is 1.81 bits per heavy atom. The molecule has 0 spiro atoms. The number of hydrogen-bond donors (Lipinski definition) is 2. The fraction of sp³-hybridized carbons (Fsp3) is 0.375. The highest BCUT2D eigenvalue weighted by Crippen LogP contribution is 2.23. The molecule has 2 amide bonds. The van der Waals surface area contributed by atoms with Crippen LogP contribution in [0.2, 0.25) is 5.02 Å². The van der Waals surface area contributed by atoms with E-state index in [0.29, 0.717) is 5.02 Å². The van der Waals surface area contributed by atoms with Crippen molar-refractivity contribution in [2.45, 2.75) is 32.1 Å². The minimum atomic E-state index is -0.376. The molecule has 0 atom stereocenters. The van der Waals surface area contributed by atoms with E-state index in [9.17, 15) is 9.59 Å². The third-order valence-electron chi connectivity index (χ3n) is 3.60. The molecule has 0 bridgehead atoms. The van der Waals surface area contributed by atoms with Crippen molar-refractivity contribution in [1.82, 2.24) is 10.9 Å². The summed E-state index contributed by atoms with van der Waals surface area (Å²) in [5.41, 5.74) is 5.64. The van der Waals surface area contributed by atoms with E-state index < -0.39 is 0 Å². The highest BCUT2D eigenvalue weighted by molar-refractivity contribution is 6.32. The molecule has 1 aromatic carbocycles. The Morgan fingerprint density at radius 3 is 2.52 bits per heavy atom. The van der Waals surface area contributed by atoms with Gasteiger partial charge in [0.15, 0.2) is 0 Å². The minimum absolute atomic E-state index is 0.0200. The van der Waals surface area contributed by atoms with Crippen molar-refractivity contribution in [3.63, 3.8) is 0 Å². The van der Waals surface area contributed by atoms with Gasteiger partial charge < -0.3 is 0 Å². The van der Waals surface area contributed by atoms with Crippen molar-refractivity contribution in [3.05, 3.63) is 40.9 Å². The van der Waals surface area contributed by atoms with E-state index in [2.05, 4.69) is 10.9 Å². The third-order valence-corrected chi connectivity index (χ3v) is 3.95. The van der Waals surface area contributed by atoms with Crippen molar-refractivity contribution in [3.8, 4) is 0 Å². The van der Waals surface area contributed by atoms with Crippen molar-refractivity contribution < 1.29 is 9.59 Å². The van der Waals surface area contributed by atoms with Crippen molar-refractivity contribution in [2.24, 2.45) is 5.92 Å². The van der Waals surface area contributed by atoms with Gasteiger partial charge in [-0.1, -0.05) is 49.1 Å². The van der Waals surface area contributed by atoms with Crippen LogP contribution in [0.4, 0.5) is 0 Å². The van der Waals surface area contributed by atoms with Crippen molar-refractivity contribution in [2.75, 3.05) is 0 Å². The monoisotopic (exact) mass is 306 g/mol. The molecule has 0 aliphatic heterocycles. The molecule has 0 radical (unpaired) electrons. The maximum Gasteiger partial charge on any atom is 0.262 e. The van der Waals surface area contributed by atoms with Gasteiger partial charge in [0.05, 0.1) is 0 Å². The van der Waals surface area contributed by atoms with E-state index in [1.807, 2.05) is 18.2 Å². The van der Waals surface area contributed by atoms with Gasteiger partial charge in [-0.05, 0) is 30.5 Å². The molecular weight excluding hydrogens is 288 g/mol. The molecule has 0 unspecified atom stereocenters. The first-order valence-corrected chi connectivity index (χ1v) is 7.57. The van der Waals surface area contributed by atoms with Crippen molar-refractivity contribution >= 4 is 29.5 Å². The van der Waals surface area contributed by atoms with Crippen LogP contribution in [0.15, 0.2) is 30.3 Å². The standard InChI is InChI=1S/C16H19ClN2O2/c17-14-9-5-4-6-12(14)10-11-15(20)18-19-16(21)13-7-2-1-3-8-13/h4-6,9-11,13H,1-3,7-8H2,(H,18,20)(H,19,21)/b11-10+. The molecule has 1 saturated carbocycles. The van der Waals surface area contributed by atoms with Crippen molar-refractivity contribution in [1.29, 1.82) is 0 Å². The quantitative estimate of drug-likeness (QED) is 0.666. The van der Waals surface area contributed by atoms with E-state index in [-0.39, 0.29) is 17.7 Å². The second-order valence-corrected chi connectivity index (χ2v) is 5.58. The number of amides is 2. The zero-order valence-corrected chi connectivity index (χ0v) is 12.5. The average Bonchev–Trinajstić information content (AvgIpc) is 2.52. The number of hydrogen-bond acceptors (Lipinski definition) is 2. The lowest BCUT2D eigenvalue weighted by molar-refractivity contribution is -0.130. The van der Waals surface area contributed by atoms with Gasteiger partial charge in [0.25, 0.3) is 5.91 Å². The lowest BCUT2D eigenvalue weighted by Gasteiger charge is -2.20. The van der Waals surface area contributed by atoms with Crippen LogP contribution in [-0.4, -0.2) is 11.8 Å². The van der Waals surface area contributed by atoms with Crippen LogP contribution in [0, 0.1) is 5.92 Å². The molecule has 0 heterocycles. The molecule has 21 heavy (non-hydrogen) atoms. The van der Waals surface area contributed by atoms with Crippen LogP contribution >= 0.6 is 11.6 Å². The predicted molar refractivity (Wildman–Crippen MR) is 83.3 cm³/mol. The van der Waals surface area contributed by atoms with E-state index >= 15 is 0 Å². The molecule has 0 saturated heterocycles. The normalized spacial score (nSPS) is 15.9. The van der Waals surface area contributed by atoms with Crippen LogP contribution in [-0.2, 0) is 9.59 Å². The third kappa shape index (κ3) is 4.90. The lowest BCUT2D eigenvalue weighted by Crippen LogP contribution is -2.44. The first kappa shape index (κ1) is 15.6. The summed E-state index contributed by atoms with van der Waals surface area (Å²) in [6.45, 7) is 0. The zero-order valence-electron chi connectivity index (χ0n) is 11.8. The lowest BCUT2D eigenvalue weighted by atomic mass is 9.89. The molecular formula is C16H19ClN2O2. The Labute approximate surface area is 129 Å². The van der Waals surface area contributed by atoms with Gasteiger partial charge in [0.1, 0.15) is 0 Å². The number of carbonyl (C=O) groups is 2. The van der Waals surface area contributed by atoms with Gasteiger partial charge in [-0.25, -0.2) is 0 Å². The van der Waals surface area contributed by atoms with Gasteiger partial charge in [-0.2, -0.15) is 0 Å². The van der Waals surface area contributed by atoms with E-state index in [1.54, 1.807) is 12.1 Å². The minimum Gasteiger partial charge on any atom is -0.273 e. The number of nitrogens with one attached hydrogen (secondary N) is 2. The molecule has 0 aromatic heterocycles. The van der Waals surface area contributed by atoms with Crippen LogP contribution < -0.4 is 10.9 Å². The number of halogens is 1. The molecule has 1 aliphatic carbocycles. The summed E-state index contributed by atoms with van der Waals surface area (Å²) in [7, 11) is 0. The van der Waals surface area contributed by atoms with Gasteiger partial charge in [-0.15, -0.1) is 0 Å². The Balaban J connectivity index is 1.79. The van der Waals surface area contributed by atoms with Crippen LogP contribution in [0.1, 0.15) is 37.7 Å². The van der Waals surface area contributed by atoms with Gasteiger partial charge in [0.2, 0.25) is 5.91 Å². The van der Waals surface area contributed by atoms with E-state index in [0.717, 1.165) is 31.2 Å². The van der Waals surface area contributed by atoms with Gasteiger partial charge in [-0.3, -0.25) is 20.4 Å². The number of hydrazine groups is 1. The highest BCUT2D eigenvalue weighted by atomic mass is 35.5. The number of benzene rings is 1. The van der Waals surface area contributed by atoms with Gasteiger partial charge >= 0.3 is 0 Å². The molecule has 112 valence electrons. The summed E-state index contributed by atoms with van der Waals surface area (Å²) >= 11 is 5.98. The molecule has 1 fully saturated rings. The SMILES string of the molecule is O=C(/C=C/c1ccccc1Cl)NNC(=O)C1CCCCC1. The summed E-state index contributed by atoms with van der Waals surface area (Å²) < 4.78 is 0. The molecule has 5 heteroatoms. The summed E-state index contributed by atoms with van der Waals surface area (Å²) in [4.78, 5) is 23.5. The summed E-state index contributed by atoms with van der Waals surface area (Å²) in [5, 5.41) is 0.577. The smallest absolute Gasteiger partial charge is 0.262 e. The first-order valence-electron chi connectivity index (χ1n) is 7.19. The van der Waals surface area contributed by atoms with Crippen LogP contribution in [0.5, 0.6) is 0 Å². The Bertz CT molecular complexity index is 537. The highest BCUT2D eigenvalue weighted by Gasteiger charge is 2.20. The molecule has 2 rings (SSSR count). The summed E-state index contributed by atoms with van der Waals surface area (Å²) in [5.74, 6) is -0.458. The van der Waals surface area contributed by atoms with E-state index in [1.165, 1.54) is 12.5 Å². The van der Waals surface area contributed by atoms with Crippen LogP contribution in [0.3, 0.4) is 0 Å². The number of rotatable bonds is 3. The largest absolute Gasteiger partial charge is 0.273 e.